The lowest BCUT2D eigenvalue weighted by molar-refractivity contribution is -0.121. The molecule has 2 saturated heterocycles. The Kier molecular flexibility index (Phi) is 6.66. The number of piperidine rings is 1. The van der Waals surface area contributed by atoms with Crippen molar-refractivity contribution in [2.45, 2.75) is 37.0 Å². The number of carbonyl (C=O) groups excluding carboxylic acids is 2. The summed E-state index contributed by atoms with van der Waals surface area (Å²) in [5, 5.41) is 2.97. The van der Waals surface area contributed by atoms with E-state index in [0.717, 1.165) is 12.8 Å². The Bertz CT molecular complexity index is 1220. The van der Waals surface area contributed by atoms with E-state index in [4.69, 9.17) is 9.47 Å². The molecule has 2 amide bonds. The topological polar surface area (TPSA) is 105 Å². The number of hydrogen-bond donors (Lipinski definition) is 1. The van der Waals surface area contributed by atoms with Gasteiger partial charge in [-0.25, -0.2) is 8.42 Å². The number of sulfonamides is 1. The van der Waals surface area contributed by atoms with Crippen molar-refractivity contribution in [1.82, 2.24) is 4.31 Å². The number of amides is 2. The Morgan fingerprint density at radius 2 is 1.69 bits per heavy atom. The Labute approximate surface area is 205 Å². The Morgan fingerprint density at radius 1 is 0.943 bits per heavy atom. The fourth-order valence-corrected chi connectivity index (χ4v) is 6.25. The predicted molar refractivity (Wildman–Crippen MR) is 130 cm³/mol. The van der Waals surface area contributed by atoms with Gasteiger partial charge in [0.15, 0.2) is 11.5 Å². The third-order valence-electron chi connectivity index (χ3n) is 6.71. The van der Waals surface area contributed by atoms with Crippen molar-refractivity contribution in [3.05, 3.63) is 42.5 Å². The summed E-state index contributed by atoms with van der Waals surface area (Å²) in [6.07, 6.45) is 2.89. The molecule has 186 valence electrons. The smallest absolute Gasteiger partial charge is 0.243 e. The molecule has 3 aliphatic heterocycles. The first-order chi connectivity index (χ1) is 16.9. The third kappa shape index (κ3) is 4.85. The maximum Gasteiger partial charge on any atom is 0.243 e. The number of hydrogen-bond acceptors (Lipinski definition) is 6. The van der Waals surface area contributed by atoms with Crippen LogP contribution < -0.4 is 19.7 Å². The molecule has 5 rings (SSSR count). The summed E-state index contributed by atoms with van der Waals surface area (Å²) in [6.45, 7) is 2.16. The van der Waals surface area contributed by atoms with E-state index in [1.54, 1.807) is 17.0 Å². The number of nitrogens with zero attached hydrogens (tertiary/aromatic N) is 2. The van der Waals surface area contributed by atoms with Gasteiger partial charge in [-0.2, -0.15) is 4.31 Å². The van der Waals surface area contributed by atoms with Gasteiger partial charge in [-0.15, -0.1) is 0 Å². The number of carbonyl (C=O) groups is 2. The average Bonchev–Trinajstić information content (AvgIpc) is 3.15. The van der Waals surface area contributed by atoms with E-state index in [9.17, 15) is 18.0 Å². The summed E-state index contributed by atoms with van der Waals surface area (Å²) in [4.78, 5) is 27.1. The zero-order valence-electron chi connectivity index (χ0n) is 19.4. The second-order valence-electron chi connectivity index (χ2n) is 8.99. The molecule has 1 N–H and O–H groups in total. The molecule has 0 spiro atoms. The van der Waals surface area contributed by atoms with Crippen LogP contribution in [-0.4, -0.2) is 57.4 Å². The van der Waals surface area contributed by atoms with Crippen molar-refractivity contribution >= 4 is 33.2 Å². The van der Waals surface area contributed by atoms with Crippen LogP contribution in [0.2, 0.25) is 0 Å². The largest absolute Gasteiger partial charge is 0.490 e. The summed E-state index contributed by atoms with van der Waals surface area (Å²) < 4.78 is 39.1. The van der Waals surface area contributed by atoms with Gasteiger partial charge in [-0.05, 0) is 43.5 Å². The number of rotatable bonds is 5. The molecule has 0 aromatic heterocycles. The van der Waals surface area contributed by atoms with Crippen molar-refractivity contribution in [3.8, 4) is 11.5 Å². The number of benzene rings is 2. The Balaban J connectivity index is 1.23. The van der Waals surface area contributed by atoms with E-state index >= 15 is 0 Å². The summed E-state index contributed by atoms with van der Waals surface area (Å²) in [5.74, 6) is 0.574. The molecule has 0 aliphatic carbocycles. The minimum Gasteiger partial charge on any atom is -0.490 e. The van der Waals surface area contributed by atoms with Crippen molar-refractivity contribution in [2.24, 2.45) is 5.92 Å². The van der Waals surface area contributed by atoms with Crippen LogP contribution >= 0.6 is 0 Å². The number of nitrogens with one attached hydrogen (secondary N) is 1. The van der Waals surface area contributed by atoms with Crippen LogP contribution in [0, 0.1) is 5.92 Å². The van der Waals surface area contributed by atoms with E-state index in [1.807, 2.05) is 18.2 Å². The molecule has 0 unspecified atom stereocenters. The van der Waals surface area contributed by atoms with E-state index in [0.29, 0.717) is 61.9 Å². The number of para-hydroxylation sites is 2. The molecule has 0 saturated carbocycles. The van der Waals surface area contributed by atoms with Crippen LogP contribution in [0.15, 0.2) is 47.4 Å². The quantitative estimate of drug-likeness (QED) is 0.678. The average molecular weight is 500 g/mol. The van der Waals surface area contributed by atoms with Crippen LogP contribution in [0.5, 0.6) is 11.5 Å². The van der Waals surface area contributed by atoms with Gasteiger partial charge in [-0.3, -0.25) is 9.59 Å². The molecule has 10 heteroatoms. The van der Waals surface area contributed by atoms with Gasteiger partial charge in [0.05, 0.1) is 29.5 Å². The van der Waals surface area contributed by atoms with Crippen LogP contribution in [0.25, 0.3) is 0 Å². The molecule has 35 heavy (non-hydrogen) atoms. The maximum absolute atomic E-state index is 13.2. The summed E-state index contributed by atoms with van der Waals surface area (Å²) >= 11 is 0. The molecule has 0 bridgehead atoms. The lowest BCUT2D eigenvalue weighted by Crippen LogP contribution is -2.41. The molecule has 2 fully saturated rings. The fourth-order valence-electron chi connectivity index (χ4n) is 4.76. The summed E-state index contributed by atoms with van der Waals surface area (Å²) in [7, 11) is -3.72. The molecular weight excluding hydrogens is 470 g/mol. The van der Waals surface area contributed by atoms with Crippen LogP contribution in [0.4, 0.5) is 11.4 Å². The number of fused-ring (bicyclic) bond motifs is 1. The van der Waals surface area contributed by atoms with Gasteiger partial charge in [-0.1, -0.05) is 12.1 Å². The van der Waals surface area contributed by atoms with E-state index in [-0.39, 0.29) is 35.7 Å². The first-order valence-electron chi connectivity index (χ1n) is 12.0. The summed E-state index contributed by atoms with van der Waals surface area (Å²) in [5.41, 5.74) is 1.31. The van der Waals surface area contributed by atoms with Crippen molar-refractivity contribution in [2.75, 3.05) is 43.1 Å². The van der Waals surface area contributed by atoms with Crippen LogP contribution in [0.1, 0.15) is 32.1 Å². The van der Waals surface area contributed by atoms with Crippen molar-refractivity contribution < 1.29 is 27.5 Å². The molecule has 2 aromatic carbocycles. The highest BCUT2D eigenvalue weighted by Crippen LogP contribution is 2.34. The lowest BCUT2D eigenvalue weighted by atomic mass is 9.97. The summed E-state index contributed by atoms with van der Waals surface area (Å²) in [6, 6.07) is 12.0. The van der Waals surface area contributed by atoms with E-state index in [2.05, 4.69) is 5.32 Å². The monoisotopic (exact) mass is 499 g/mol. The van der Waals surface area contributed by atoms with Crippen molar-refractivity contribution in [1.29, 1.82) is 0 Å². The second kappa shape index (κ2) is 9.87. The van der Waals surface area contributed by atoms with E-state index in [1.165, 1.54) is 16.4 Å². The van der Waals surface area contributed by atoms with Gasteiger partial charge in [0.25, 0.3) is 0 Å². The van der Waals surface area contributed by atoms with Gasteiger partial charge in [0.2, 0.25) is 21.8 Å². The molecule has 3 heterocycles. The molecule has 9 nitrogen and oxygen atoms in total. The SMILES string of the molecule is O=C(Nc1ccccc1N1CCCC1=O)C1CCN(S(=O)(=O)c2ccc3c(c2)OCCCO3)CC1. The minimum atomic E-state index is -3.72. The Morgan fingerprint density at radius 3 is 2.43 bits per heavy atom. The van der Waals surface area contributed by atoms with Gasteiger partial charge >= 0.3 is 0 Å². The van der Waals surface area contributed by atoms with Gasteiger partial charge in [0.1, 0.15) is 0 Å². The highest BCUT2D eigenvalue weighted by atomic mass is 32.2. The van der Waals surface area contributed by atoms with Crippen LogP contribution in [-0.2, 0) is 19.6 Å². The standard InChI is InChI=1S/C25H29N3O6S/c29-24-7-3-12-28(24)21-6-2-1-5-20(21)26-25(30)18-10-13-27(14-11-18)35(31,32)19-8-9-22-23(17-19)34-16-4-15-33-22/h1-2,5-6,8-9,17-18H,3-4,7,10-16H2,(H,26,30). The third-order valence-corrected chi connectivity index (χ3v) is 8.60. The number of anilines is 2. The fraction of sp³-hybridized carbons (Fsp3) is 0.440. The van der Waals surface area contributed by atoms with E-state index < -0.39 is 10.0 Å². The second-order valence-corrected chi connectivity index (χ2v) is 10.9. The van der Waals surface area contributed by atoms with Crippen molar-refractivity contribution in [3.63, 3.8) is 0 Å². The normalized spacial score (nSPS) is 19.4. The van der Waals surface area contributed by atoms with Gasteiger partial charge in [0, 0.05) is 44.5 Å². The highest BCUT2D eigenvalue weighted by molar-refractivity contribution is 7.89. The zero-order chi connectivity index (χ0) is 24.4. The predicted octanol–water partition coefficient (Wildman–Crippen LogP) is 3.01. The first-order valence-corrected chi connectivity index (χ1v) is 13.5. The molecule has 0 radical (unpaired) electrons. The van der Waals surface area contributed by atoms with Crippen LogP contribution in [0.3, 0.4) is 0 Å². The lowest BCUT2D eigenvalue weighted by Gasteiger charge is -2.31. The Hall–Kier alpha value is -3.11. The molecular formula is C25H29N3O6S. The zero-order valence-corrected chi connectivity index (χ0v) is 20.3. The molecule has 3 aliphatic rings. The number of ether oxygens (including phenoxy) is 2. The highest BCUT2D eigenvalue weighted by Gasteiger charge is 2.33. The molecule has 0 atom stereocenters. The molecule has 2 aromatic rings. The maximum atomic E-state index is 13.2. The first kappa shape index (κ1) is 23.6. The minimum absolute atomic E-state index is 0.0555. The van der Waals surface area contributed by atoms with Gasteiger partial charge < -0.3 is 19.7 Å².